The zero-order valence-corrected chi connectivity index (χ0v) is 16.3. The second-order valence-electron chi connectivity index (χ2n) is 7.58. The molecular weight excluding hydrogens is 367 g/mol. The van der Waals surface area contributed by atoms with E-state index in [4.69, 9.17) is 10.5 Å². The number of fused-ring (bicyclic) bond motifs is 1. The van der Waals surface area contributed by atoms with E-state index in [2.05, 4.69) is 4.98 Å². The molecule has 0 aliphatic carbocycles. The predicted molar refractivity (Wildman–Crippen MR) is 104 cm³/mol. The molecule has 0 spiro atoms. The minimum Gasteiger partial charge on any atom is -0.377 e. The Bertz CT molecular complexity index is 990. The van der Waals surface area contributed by atoms with Gasteiger partial charge in [-0.3, -0.25) is 0 Å². The van der Waals surface area contributed by atoms with E-state index in [0.717, 1.165) is 17.0 Å². The number of benzene rings is 1. The minimum absolute atomic E-state index is 0.0537. The Morgan fingerprint density at radius 1 is 1.14 bits per heavy atom. The fourth-order valence-corrected chi connectivity index (χ4v) is 3.25. The summed E-state index contributed by atoms with van der Waals surface area (Å²) < 4.78 is 47.7. The molecule has 150 valence electrons. The average molecular weight is 391 g/mol. The van der Waals surface area contributed by atoms with Crippen molar-refractivity contribution in [1.29, 1.82) is 0 Å². The van der Waals surface area contributed by atoms with Gasteiger partial charge in [-0.2, -0.15) is 13.2 Å². The van der Waals surface area contributed by atoms with Crippen molar-refractivity contribution in [3.63, 3.8) is 0 Å². The van der Waals surface area contributed by atoms with Gasteiger partial charge in [0, 0.05) is 30.3 Å². The van der Waals surface area contributed by atoms with Crippen LogP contribution in [0, 0.1) is 0 Å². The molecule has 0 aliphatic heterocycles. The number of methoxy groups -OCH3 is 1. The van der Waals surface area contributed by atoms with Crippen LogP contribution in [0.1, 0.15) is 37.9 Å². The SMILES string of the molecule is COC(C)(C)Cn1cc(C(C)N)c2ccc(-c3ccccc3C(F)(F)F)nc21. The Morgan fingerprint density at radius 2 is 1.82 bits per heavy atom. The number of hydrogen-bond acceptors (Lipinski definition) is 3. The molecule has 0 radical (unpaired) electrons. The molecule has 0 aliphatic rings. The lowest BCUT2D eigenvalue weighted by Crippen LogP contribution is -2.28. The molecule has 2 heterocycles. The van der Waals surface area contributed by atoms with Crippen molar-refractivity contribution in [1.82, 2.24) is 9.55 Å². The van der Waals surface area contributed by atoms with Gasteiger partial charge in [-0.1, -0.05) is 18.2 Å². The second-order valence-corrected chi connectivity index (χ2v) is 7.58. The number of nitrogens with zero attached hydrogens (tertiary/aromatic N) is 2. The molecule has 1 aromatic carbocycles. The number of rotatable bonds is 5. The molecule has 0 amide bonds. The Hall–Kier alpha value is -2.38. The third kappa shape index (κ3) is 3.91. The lowest BCUT2D eigenvalue weighted by Gasteiger charge is -2.23. The summed E-state index contributed by atoms with van der Waals surface area (Å²) in [7, 11) is 1.62. The van der Waals surface area contributed by atoms with Crippen molar-refractivity contribution in [2.24, 2.45) is 5.73 Å². The highest BCUT2D eigenvalue weighted by atomic mass is 19.4. The first kappa shape index (κ1) is 20.4. The lowest BCUT2D eigenvalue weighted by molar-refractivity contribution is -0.137. The summed E-state index contributed by atoms with van der Waals surface area (Å²) in [6.45, 7) is 6.23. The van der Waals surface area contributed by atoms with Crippen molar-refractivity contribution < 1.29 is 17.9 Å². The van der Waals surface area contributed by atoms with Gasteiger partial charge in [-0.25, -0.2) is 4.98 Å². The van der Waals surface area contributed by atoms with Crippen LogP contribution in [-0.2, 0) is 17.5 Å². The maximum atomic E-state index is 13.4. The van der Waals surface area contributed by atoms with E-state index in [-0.39, 0.29) is 17.3 Å². The molecule has 7 heteroatoms. The Kier molecular flexibility index (Phi) is 5.25. The molecular formula is C21H24F3N3O. The van der Waals surface area contributed by atoms with Crippen molar-refractivity contribution >= 4 is 11.0 Å². The molecule has 2 aromatic heterocycles. The molecule has 3 rings (SSSR count). The van der Waals surface area contributed by atoms with Gasteiger partial charge in [0.25, 0.3) is 0 Å². The van der Waals surface area contributed by atoms with Crippen LogP contribution >= 0.6 is 0 Å². The molecule has 28 heavy (non-hydrogen) atoms. The van der Waals surface area contributed by atoms with Gasteiger partial charge in [0.2, 0.25) is 0 Å². The normalized spacial score (nSPS) is 13.9. The van der Waals surface area contributed by atoms with Crippen molar-refractivity contribution in [3.8, 4) is 11.3 Å². The minimum atomic E-state index is -4.45. The first-order chi connectivity index (χ1) is 13.0. The van der Waals surface area contributed by atoms with Crippen LogP contribution in [0.25, 0.3) is 22.3 Å². The van der Waals surface area contributed by atoms with Gasteiger partial charge < -0.3 is 15.0 Å². The maximum absolute atomic E-state index is 13.4. The average Bonchev–Trinajstić information content (AvgIpc) is 2.98. The van der Waals surface area contributed by atoms with Crippen LogP contribution in [0.15, 0.2) is 42.6 Å². The first-order valence-corrected chi connectivity index (χ1v) is 9.00. The molecule has 0 saturated carbocycles. The molecule has 1 atom stereocenters. The Balaban J connectivity index is 2.21. The topological polar surface area (TPSA) is 53.1 Å². The smallest absolute Gasteiger partial charge is 0.377 e. The van der Waals surface area contributed by atoms with E-state index >= 15 is 0 Å². The highest BCUT2D eigenvalue weighted by Gasteiger charge is 2.33. The van der Waals surface area contributed by atoms with Gasteiger partial charge in [-0.05, 0) is 44.5 Å². The van der Waals surface area contributed by atoms with E-state index in [0.29, 0.717) is 12.2 Å². The summed E-state index contributed by atoms with van der Waals surface area (Å²) >= 11 is 0. The summed E-state index contributed by atoms with van der Waals surface area (Å²) in [5.41, 5.74) is 6.73. The van der Waals surface area contributed by atoms with Crippen molar-refractivity contribution in [3.05, 3.63) is 53.7 Å². The van der Waals surface area contributed by atoms with Crippen molar-refractivity contribution in [2.45, 2.75) is 45.1 Å². The summed E-state index contributed by atoms with van der Waals surface area (Å²) in [6.07, 6.45) is -2.55. The van der Waals surface area contributed by atoms with Crippen LogP contribution in [0.2, 0.25) is 0 Å². The number of hydrogen-bond donors (Lipinski definition) is 1. The molecule has 0 fully saturated rings. The van der Waals surface area contributed by atoms with Gasteiger partial charge >= 0.3 is 6.18 Å². The Labute approximate surface area is 162 Å². The van der Waals surface area contributed by atoms with E-state index in [1.807, 2.05) is 31.5 Å². The number of pyridine rings is 1. The monoisotopic (exact) mass is 391 g/mol. The highest BCUT2D eigenvalue weighted by molar-refractivity contribution is 5.84. The molecule has 4 nitrogen and oxygen atoms in total. The van der Waals surface area contributed by atoms with E-state index in [1.54, 1.807) is 25.3 Å². The summed E-state index contributed by atoms with van der Waals surface area (Å²) in [4.78, 5) is 4.59. The van der Waals surface area contributed by atoms with Crippen LogP contribution in [0.4, 0.5) is 13.2 Å². The number of aromatic nitrogens is 2. The second kappa shape index (κ2) is 7.22. The summed E-state index contributed by atoms with van der Waals surface area (Å²) in [6, 6.07) is 8.64. The molecule has 0 bridgehead atoms. The third-order valence-corrected chi connectivity index (χ3v) is 4.86. The van der Waals surface area contributed by atoms with Crippen LogP contribution in [0.3, 0.4) is 0 Å². The lowest BCUT2D eigenvalue weighted by atomic mass is 10.0. The van der Waals surface area contributed by atoms with E-state index in [1.165, 1.54) is 12.1 Å². The number of alkyl halides is 3. The van der Waals surface area contributed by atoms with E-state index in [9.17, 15) is 13.2 Å². The molecule has 0 saturated heterocycles. The fraction of sp³-hybridized carbons (Fsp3) is 0.381. The number of nitrogens with two attached hydrogens (primary N) is 1. The predicted octanol–water partition coefficient (Wildman–Crippen LogP) is 5.17. The maximum Gasteiger partial charge on any atom is 0.417 e. The highest BCUT2D eigenvalue weighted by Crippen LogP contribution is 2.37. The van der Waals surface area contributed by atoms with Crippen molar-refractivity contribution in [2.75, 3.05) is 7.11 Å². The summed E-state index contributed by atoms with van der Waals surface area (Å²) in [5, 5.41) is 0.829. The fourth-order valence-electron chi connectivity index (χ4n) is 3.25. The van der Waals surface area contributed by atoms with Gasteiger partial charge in [0.15, 0.2) is 0 Å². The number of halogens is 3. The largest absolute Gasteiger partial charge is 0.417 e. The van der Waals surface area contributed by atoms with Crippen LogP contribution in [-0.4, -0.2) is 22.3 Å². The van der Waals surface area contributed by atoms with Gasteiger partial charge in [-0.15, -0.1) is 0 Å². The quantitative estimate of drug-likeness (QED) is 0.653. The van der Waals surface area contributed by atoms with Crippen LogP contribution in [0.5, 0.6) is 0 Å². The molecule has 1 unspecified atom stereocenters. The standard InChI is InChI=1S/C21H24F3N3O/c1-13(25)16-11-27(12-20(2,3)28-4)19-14(16)9-10-18(26-19)15-7-5-6-8-17(15)21(22,23)24/h5-11,13H,12,25H2,1-4H3. The molecule has 2 N–H and O–H groups in total. The first-order valence-electron chi connectivity index (χ1n) is 9.00. The van der Waals surface area contributed by atoms with Crippen LogP contribution < -0.4 is 5.73 Å². The third-order valence-electron chi connectivity index (χ3n) is 4.86. The number of ether oxygens (including phenoxy) is 1. The molecule has 3 aromatic rings. The van der Waals surface area contributed by atoms with Gasteiger partial charge in [0.1, 0.15) is 5.65 Å². The van der Waals surface area contributed by atoms with Gasteiger partial charge in [0.05, 0.1) is 23.4 Å². The zero-order chi connectivity index (χ0) is 20.7. The van der Waals surface area contributed by atoms with E-state index < -0.39 is 17.3 Å². The Morgan fingerprint density at radius 3 is 2.43 bits per heavy atom. The zero-order valence-electron chi connectivity index (χ0n) is 16.3. The summed E-state index contributed by atoms with van der Waals surface area (Å²) in [5.74, 6) is 0.